The summed E-state index contributed by atoms with van der Waals surface area (Å²) in [4.78, 5) is 15.8. The Bertz CT molecular complexity index is 3860. The van der Waals surface area contributed by atoms with Crippen molar-refractivity contribution in [2.24, 2.45) is 0 Å². The fraction of sp³-hybridized carbons (Fsp3) is 0. The molecular weight excluding hydrogens is 725 g/mol. The first-order valence-corrected chi connectivity index (χ1v) is 19.8. The summed E-state index contributed by atoms with van der Waals surface area (Å²) in [5.74, 6) is 1.72. The van der Waals surface area contributed by atoms with Crippen molar-refractivity contribution in [3.63, 3.8) is 0 Å². The lowest BCUT2D eigenvalue weighted by atomic mass is 10.0. The molecule has 0 bridgehead atoms. The Hall–Kier alpha value is -8.09. The van der Waals surface area contributed by atoms with Crippen molar-refractivity contribution in [3.05, 3.63) is 182 Å². The van der Waals surface area contributed by atoms with Gasteiger partial charge in [0.15, 0.2) is 17.5 Å². The molecule has 4 aromatic heterocycles. The van der Waals surface area contributed by atoms with Gasteiger partial charge in [0.1, 0.15) is 22.3 Å². The molecule has 0 unspecified atom stereocenters. The van der Waals surface area contributed by atoms with Gasteiger partial charge in [0.2, 0.25) is 0 Å². The Morgan fingerprint density at radius 2 is 1.02 bits per heavy atom. The first kappa shape index (κ1) is 32.0. The van der Waals surface area contributed by atoms with Crippen molar-refractivity contribution in [1.29, 1.82) is 0 Å². The number of benzene rings is 9. The summed E-state index contributed by atoms with van der Waals surface area (Å²) in [6, 6.07) is 63.3. The van der Waals surface area contributed by atoms with Gasteiger partial charge in [-0.3, -0.25) is 0 Å². The Labute approximate surface area is 336 Å². The van der Waals surface area contributed by atoms with E-state index in [0.717, 1.165) is 98.8 Å². The normalized spacial score (nSPS) is 12.1. The Morgan fingerprint density at radius 3 is 1.88 bits per heavy atom. The predicted octanol–water partition coefficient (Wildman–Crippen LogP) is 14.1. The Kier molecular flexibility index (Phi) is 6.63. The van der Waals surface area contributed by atoms with Gasteiger partial charge in [0.25, 0.3) is 0 Å². The average molecular weight is 755 g/mol. The zero-order valence-electron chi connectivity index (χ0n) is 31.4. The number of fused-ring (bicyclic) bond motifs is 12. The number of nitrogens with zero attached hydrogens (tertiary/aromatic N) is 4. The molecule has 0 atom stereocenters. The van der Waals surface area contributed by atoms with Crippen LogP contribution in [0.2, 0.25) is 0 Å². The summed E-state index contributed by atoms with van der Waals surface area (Å²) in [6.07, 6.45) is 0. The highest BCUT2D eigenvalue weighted by Gasteiger charge is 2.25. The quantitative estimate of drug-likeness (QED) is 0.179. The van der Waals surface area contributed by atoms with E-state index in [1.54, 1.807) is 0 Å². The zero-order chi connectivity index (χ0) is 38.6. The molecule has 0 fully saturated rings. The van der Waals surface area contributed by atoms with Gasteiger partial charge < -0.3 is 13.4 Å². The van der Waals surface area contributed by atoms with E-state index >= 15 is 0 Å². The lowest BCUT2D eigenvalue weighted by Gasteiger charge is -2.16. The van der Waals surface area contributed by atoms with Crippen LogP contribution in [0.1, 0.15) is 0 Å². The fourth-order valence-corrected chi connectivity index (χ4v) is 9.09. The minimum Gasteiger partial charge on any atom is -0.456 e. The highest BCUT2D eigenvalue weighted by Crippen LogP contribution is 2.45. The lowest BCUT2D eigenvalue weighted by molar-refractivity contribution is 0.669. The molecule has 0 amide bonds. The van der Waals surface area contributed by atoms with Gasteiger partial charge in [-0.25, -0.2) is 15.0 Å². The third-order valence-corrected chi connectivity index (χ3v) is 11.8. The molecule has 59 heavy (non-hydrogen) atoms. The Balaban J connectivity index is 1.17. The van der Waals surface area contributed by atoms with Gasteiger partial charge in [-0.2, -0.15) is 0 Å². The largest absolute Gasteiger partial charge is 0.456 e. The first-order chi connectivity index (χ1) is 29.2. The molecule has 0 saturated heterocycles. The molecule has 0 aliphatic rings. The maximum atomic E-state index is 6.87. The molecule has 6 heteroatoms. The molecule has 0 N–H and O–H groups in total. The maximum Gasteiger partial charge on any atom is 0.166 e. The second kappa shape index (κ2) is 12.2. The van der Waals surface area contributed by atoms with Crippen molar-refractivity contribution in [3.8, 4) is 39.9 Å². The van der Waals surface area contributed by atoms with Crippen LogP contribution in [-0.2, 0) is 0 Å². The number of rotatable bonds is 4. The predicted molar refractivity (Wildman–Crippen MR) is 240 cm³/mol. The van der Waals surface area contributed by atoms with Crippen molar-refractivity contribution >= 4 is 87.2 Å². The third-order valence-electron chi connectivity index (χ3n) is 11.8. The van der Waals surface area contributed by atoms with Crippen LogP contribution in [-0.4, -0.2) is 19.5 Å². The van der Waals surface area contributed by atoms with Gasteiger partial charge >= 0.3 is 0 Å². The molecule has 13 rings (SSSR count). The summed E-state index contributed by atoms with van der Waals surface area (Å²) in [5, 5.41) is 11.0. The van der Waals surface area contributed by atoms with Crippen LogP contribution in [0.5, 0.6) is 0 Å². The molecule has 4 heterocycles. The number of para-hydroxylation sites is 2. The van der Waals surface area contributed by atoms with Gasteiger partial charge in [0.05, 0.1) is 22.1 Å². The van der Waals surface area contributed by atoms with Crippen LogP contribution in [0.3, 0.4) is 0 Å². The average Bonchev–Trinajstić information content (AvgIpc) is 3.97. The van der Waals surface area contributed by atoms with Gasteiger partial charge in [-0.05, 0) is 76.8 Å². The topological polar surface area (TPSA) is 69.9 Å². The van der Waals surface area contributed by atoms with E-state index in [4.69, 9.17) is 23.8 Å². The molecule has 0 spiro atoms. The zero-order valence-corrected chi connectivity index (χ0v) is 31.4. The van der Waals surface area contributed by atoms with Crippen LogP contribution >= 0.6 is 0 Å². The first-order valence-electron chi connectivity index (χ1n) is 19.8. The van der Waals surface area contributed by atoms with E-state index in [1.807, 2.05) is 60.7 Å². The maximum absolute atomic E-state index is 6.87. The Morgan fingerprint density at radius 1 is 0.356 bits per heavy atom. The second-order valence-electron chi connectivity index (χ2n) is 15.2. The number of hydrogen-bond donors (Lipinski definition) is 0. The minimum atomic E-state index is 0.560. The van der Waals surface area contributed by atoms with Crippen molar-refractivity contribution < 1.29 is 8.83 Å². The highest BCUT2D eigenvalue weighted by atomic mass is 16.3. The van der Waals surface area contributed by atoms with Crippen LogP contribution in [0, 0.1) is 0 Å². The standard InChI is InChI=1S/C53H30N4O2/c1-2-13-32(14-3-1)51-54-52(35-23-26-46-42(29-35)38-19-9-11-21-45(38)58-46)56-53(55-51)40-25-27-47-48(39-24-22-31-12-6-7-17-36(31)50(39)59-47)49(40)57-43-20-10-8-18-37(43)41-28-33-15-4-5-16-34(33)30-44(41)57/h1-30H. The lowest BCUT2D eigenvalue weighted by Crippen LogP contribution is -2.04. The van der Waals surface area contributed by atoms with Crippen molar-refractivity contribution in [1.82, 2.24) is 19.5 Å². The van der Waals surface area contributed by atoms with E-state index in [9.17, 15) is 0 Å². The van der Waals surface area contributed by atoms with Gasteiger partial charge in [-0.15, -0.1) is 0 Å². The van der Waals surface area contributed by atoms with E-state index in [0.29, 0.717) is 17.5 Å². The smallest absolute Gasteiger partial charge is 0.166 e. The second-order valence-corrected chi connectivity index (χ2v) is 15.2. The summed E-state index contributed by atoms with van der Waals surface area (Å²) in [5.41, 5.74) is 9.05. The monoisotopic (exact) mass is 754 g/mol. The van der Waals surface area contributed by atoms with Gasteiger partial charge in [0, 0.05) is 49.0 Å². The highest BCUT2D eigenvalue weighted by molar-refractivity contribution is 6.21. The molecular formula is C53H30N4O2. The van der Waals surface area contributed by atoms with Crippen molar-refractivity contribution in [2.75, 3.05) is 0 Å². The van der Waals surface area contributed by atoms with E-state index in [1.165, 1.54) is 10.8 Å². The molecule has 0 saturated carbocycles. The molecule has 274 valence electrons. The molecule has 9 aromatic carbocycles. The number of furan rings is 2. The van der Waals surface area contributed by atoms with Crippen molar-refractivity contribution in [2.45, 2.75) is 0 Å². The minimum absolute atomic E-state index is 0.560. The number of hydrogen-bond acceptors (Lipinski definition) is 5. The van der Waals surface area contributed by atoms with E-state index in [-0.39, 0.29) is 0 Å². The molecule has 6 nitrogen and oxygen atoms in total. The SMILES string of the molecule is c1ccc(-c2nc(-c3ccc4oc5ccccc5c4c3)nc(-c3ccc4oc5c6ccccc6ccc5c4c3-n3c4ccccc4c4cc5ccccc5cc43)n2)cc1. The third kappa shape index (κ3) is 4.77. The molecule has 0 radical (unpaired) electrons. The van der Waals surface area contributed by atoms with Gasteiger partial charge in [-0.1, -0.05) is 121 Å². The van der Waals surface area contributed by atoms with E-state index in [2.05, 4.69) is 126 Å². The molecule has 13 aromatic rings. The summed E-state index contributed by atoms with van der Waals surface area (Å²) >= 11 is 0. The van der Waals surface area contributed by atoms with Crippen LogP contribution in [0.25, 0.3) is 127 Å². The summed E-state index contributed by atoms with van der Waals surface area (Å²) in [7, 11) is 0. The molecule has 0 aliphatic carbocycles. The van der Waals surface area contributed by atoms with Crippen LogP contribution in [0.4, 0.5) is 0 Å². The van der Waals surface area contributed by atoms with Crippen LogP contribution < -0.4 is 0 Å². The van der Waals surface area contributed by atoms with E-state index < -0.39 is 0 Å². The van der Waals surface area contributed by atoms with Crippen LogP contribution in [0.15, 0.2) is 191 Å². The molecule has 0 aliphatic heterocycles. The summed E-state index contributed by atoms with van der Waals surface area (Å²) < 4.78 is 15.5. The number of aromatic nitrogens is 4. The fourth-order valence-electron chi connectivity index (χ4n) is 9.09. The summed E-state index contributed by atoms with van der Waals surface area (Å²) in [6.45, 7) is 0.